The highest BCUT2D eigenvalue weighted by atomic mass is 79.9. The molecule has 0 aliphatic carbocycles. The van der Waals surface area contributed by atoms with Crippen molar-refractivity contribution in [3.8, 4) is 0 Å². The summed E-state index contributed by atoms with van der Waals surface area (Å²) in [7, 11) is 0. The quantitative estimate of drug-likeness (QED) is 0.794. The molecule has 0 aliphatic rings. The Labute approximate surface area is 119 Å². The summed E-state index contributed by atoms with van der Waals surface area (Å²) in [4.78, 5) is 8.76. The van der Waals surface area contributed by atoms with E-state index in [9.17, 15) is 0 Å². The van der Waals surface area contributed by atoms with Crippen LogP contribution in [0.15, 0.2) is 59.3 Å². The molecular formula is C15H12BrN3. The molecule has 0 saturated carbocycles. The number of hydrogen-bond acceptors (Lipinski definition) is 3. The monoisotopic (exact) mass is 313 g/mol. The van der Waals surface area contributed by atoms with E-state index < -0.39 is 0 Å². The van der Waals surface area contributed by atoms with Crippen LogP contribution >= 0.6 is 15.9 Å². The predicted octanol–water partition coefficient (Wildman–Crippen LogP) is 4.00. The number of anilines is 1. The first-order chi connectivity index (χ1) is 9.33. The minimum atomic E-state index is 0.692. The molecule has 0 spiro atoms. The summed E-state index contributed by atoms with van der Waals surface area (Å²) in [6.45, 7) is 0.692. The van der Waals surface area contributed by atoms with Crippen LogP contribution in [0.2, 0.25) is 0 Å². The zero-order chi connectivity index (χ0) is 13.1. The van der Waals surface area contributed by atoms with Crippen LogP contribution in [0, 0.1) is 0 Å². The van der Waals surface area contributed by atoms with Crippen molar-refractivity contribution in [2.45, 2.75) is 6.54 Å². The van der Waals surface area contributed by atoms with E-state index in [1.54, 1.807) is 6.20 Å². The largest absolute Gasteiger partial charge is 0.378 e. The number of hydrogen-bond donors (Lipinski definition) is 1. The van der Waals surface area contributed by atoms with Gasteiger partial charge in [-0.15, -0.1) is 0 Å². The third-order valence-electron chi connectivity index (χ3n) is 2.86. The van der Waals surface area contributed by atoms with Crippen LogP contribution in [-0.4, -0.2) is 9.97 Å². The van der Waals surface area contributed by atoms with Gasteiger partial charge in [0.1, 0.15) is 0 Å². The Morgan fingerprint density at radius 3 is 2.84 bits per heavy atom. The maximum absolute atomic E-state index is 4.46. The summed E-state index contributed by atoms with van der Waals surface area (Å²) in [5, 5.41) is 4.49. The second-order valence-electron chi connectivity index (χ2n) is 4.21. The Balaban J connectivity index is 1.89. The molecule has 0 bridgehead atoms. The average Bonchev–Trinajstić information content (AvgIpc) is 2.45. The Morgan fingerprint density at radius 2 is 2.00 bits per heavy atom. The number of para-hydroxylation sites is 1. The molecule has 3 nitrogen and oxygen atoms in total. The number of pyridine rings is 2. The minimum Gasteiger partial charge on any atom is -0.378 e. The highest BCUT2D eigenvalue weighted by molar-refractivity contribution is 9.10. The summed E-state index contributed by atoms with van der Waals surface area (Å²) in [5.41, 5.74) is 3.01. The maximum Gasteiger partial charge on any atom is 0.0934 e. The van der Waals surface area contributed by atoms with Gasteiger partial charge >= 0.3 is 0 Å². The third-order valence-corrected chi connectivity index (χ3v) is 3.30. The second kappa shape index (κ2) is 5.36. The van der Waals surface area contributed by atoms with Gasteiger partial charge in [0.15, 0.2) is 0 Å². The molecule has 0 amide bonds. The molecule has 0 radical (unpaired) electrons. The first-order valence-corrected chi connectivity index (χ1v) is 6.80. The van der Waals surface area contributed by atoms with E-state index in [0.29, 0.717) is 6.54 Å². The fourth-order valence-corrected chi connectivity index (χ4v) is 2.31. The van der Waals surface area contributed by atoms with Gasteiger partial charge < -0.3 is 5.32 Å². The Kier molecular flexibility index (Phi) is 3.42. The molecule has 2 aromatic heterocycles. The molecular weight excluding hydrogens is 302 g/mol. The van der Waals surface area contributed by atoms with Crippen LogP contribution in [0.4, 0.5) is 5.69 Å². The number of nitrogens with zero attached hydrogens (tertiary/aromatic N) is 2. The predicted molar refractivity (Wildman–Crippen MR) is 81.0 cm³/mol. The molecule has 4 heteroatoms. The van der Waals surface area contributed by atoms with Crippen LogP contribution in [0.1, 0.15) is 5.69 Å². The van der Waals surface area contributed by atoms with E-state index in [1.807, 2.05) is 36.5 Å². The first kappa shape index (κ1) is 12.1. The molecule has 3 aromatic rings. The number of halogens is 1. The lowest BCUT2D eigenvalue weighted by Crippen LogP contribution is -2.02. The molecule has 94 valence electrons. The Morgan fingerprint density at radius 1 is 1.05 bits per heavy atom. The van der Waals surface area contributed by atoms with Crippen LogP contribution in [0.3, 0.4) is 0 Å². The smallest absolute Gasteiger partial charge is 0.0934 e. The van der Waals surface area contributed by atoms with Gasteiger partial charge in [-0.25, -0.2) is 0 Å². The number of benzene rings is 1. The zero-order valence-electron chi connectivity index (χ0n) is 10.2. The van der Waals surface area contributed by atoms with E-state index >= 15 is 0 Å². The normalized spacial score (nSPS) is 10.6. The minimum absolute atomic E-state index is 0.692. The summed E-state index contributed by atoms with van der Waals surface area (Å²) >= 11 is 3.44. The lowest BCUT2D eigenvalue weighted by atomic mass is 10.2. The van der Waals surface area contributed by atoms with Crippen LogP contribution < -0.4 is 5.32 Å². The van der Waals surface area contributed by atoms with Crippen molar-refractivity contribution >= 4 is 32.5 Å². The lowest BCUT2D eigenvalue weighted by Gasteiger charge is -2.08. The molecule has 19 heavy (non-hydrogen) atoms. The molecule has 1 N–H and O–H groups in total. The third kappa shape index (κ3) is 2.74. The number of rotatable bonds is 3. The van der Waals surface area contributed by atoms with Crippen molar-refractivity contribution in [2.24, 2.45) is 0 Å². The standard InChI is InChI=1S/C15H12BrN3/c16-12-8-11-4-3-6-14(15(11)19-9-12)18-10-13-5-1-2-7-17-13/h1-9,18H,10H2. The van der Waals surface area contributed by atoms with Crippen molar-refractivity contribution in [3.63, 3.8) is 0 Å². The van der Waals surface area contributed by atoms with Gasteiger partial charge in [0.25, 0.3) is 0 Å². The van der Waals surface area contributed by atoms with Crippen LogP contribution in [0.25, 0.3) is 10.9 Å². The highest BCUT2D eigenvalue weighted by Gasteiger charge is 2.02. The molecule has 1 aromatic carbocycles. The molecule has 0 saturated heterocycles. The number of fused-ring (bicyclic) bond motifs is 1. The summed E-state index contributed by atoms with van der Waals surface area (Å²) in [6.07, 6.45) is 3.61. The van der Waals surface area contributed by atoms with Gasteiger partial charge in [0.05, 0.1) is 23.4 Å². The SMILES string of the molecule is Brc1cnc2c(NCc3ccccn3)cccc2c1. The molecule has 0 atom stereocenters. The molecule has 0 aliphatic heterocycles. The van der Waals surface area contributed by atoms with E-state index in [2.05, 4.69) is 43.3 Å². The average molecular weight is 314 g/mol. The van der Waals surface area contributed by atoms with Gasteiger partial charge in [-0.3, -0.25) is 9.97 Å². The van der Waals surface area contributed by atoms with Gasteiger partial charge in [-0.1, -0.05) is 18.2 Å². The van der Waals surface area contributed by atoms with Gasteiger partial charge in [0.2, 0.25) is 0 Å². The van der Waals surface area contributed by atoms with Crippen molar-refractivity contribution < 1.29 is 0 Å². The van der Waals surface area contributed by atoms with Gasteiger partial charge in [0, 0.05) is 22.3 Å². The molecule has 2 heterocycles. The topological polar surface area (TPSA) is 37.8 Å². The van der Waals surface area contributed by atoms with E-state index in [4.69, 9.17) is 0 Å². The van der Waals surface area contributed by atoms with Crippen LogP contribution in [-0.2, 0) is 6.54 Å². The number of aromatic nitrogens is 2. The molecule has 0 fully saturated rings. The second-order valence-corrected chi connectivity index (χ2v) is 5.12. The maximum atomic E-state index is 4.46. The Hall–Kier alpha value is -1.94. The van der Waals surface area contributed by atoms with Crippen molar-refractivity contribution in [1.29, 1.82) is 0 Å². The number of nitrogens with one attached hydrogen (secondary N) is 1. The summed E-state index contributed by atoms with van der Waals surface area (Å²) in [6, 6.07) is 14.1. The van der Waals surface area contributed by atoms with E-state index in [0.717, 1.165) is 26.8 Å². The Bertz CT molecular complexity index is 698. The van der Waals surface area contributed by atoms with Crippen molar-refractivity contribution in [3.05, 3.63) is 65.0 Å². The highest BCUT2D eigenvalue weighted by Crippen LogP contribution is 2.24. The van der Waals surface area contributed by atoms with Gasteiger partial charge in [-0.2, -0.15) is 0 Å². The first-order valence-electron chi connectivity index (χ1n) is 6.01. The van der Waals surface area contributed by atoms with E-state index in [1.165, 1.54) is 0 Å². The fraction of sp³-hybridized carbons (Fsp3) is 0.0667. The molecule has 3 rings (SSSR count). The van der Waals surface area contributed by atoms with Crippen molar-refractivity contribution in [1.82, 2.24) is 9.97 Å². The fourth-order valence-electron chi connectivity index (χ4n) is 1.97. The summed E-state index contributed by atoms with van der Waals surface area (Å²) < 4.78 is 0.988. The molecule has 0 unspecified atom stereocenters. The summed E-state index contributed by atoms with van der Waals surface area (Å²) in [5.74, 6) is 0. The van der Waals surface area contributed by atoms with Crippen LogP contribution in [0.5, 0.6) is 0 Å². The zero-order valence-corrected chi connectivity index (χ0v) is 11.8. The van der Waals surface area contributed by atoms with Crippen molar-refractivity contribution in [2.75, 3.05) is 5.32 Å². The lowest BCUT2D eigenvalue weighted by molar-refractivity contribution is 1.05. The van der Waals surface area contributed by atoms with Gasteiger partial charge in [-0.05, 0) is 40.2 Å². The van der Waals surface area contributed by atoms with E-state index in [-0.39, 0.29) is 0 Å².